The molecule has 0 bridgehead atoms. The fourth-order valence-corrected chi connectivity index (χ4v) is 1.84. The first-order valence-electron chi connectivity index (χ1n) is 5.41. The Balaban J connectivity index is 2.17. The molecule has 1 aromatic carbocycles. The average molecular weight is 259 g/mol. The minimum Gasteiger partial charge on any atom is -0.453 e. The van der Waals surface area contributed by atoms with Crippen LogP contribution < -0.4 is 5.32 Å². The SMILES string of the molecule is COC(=O)NC1(c2ccc(C(F)(F)F)cc2)CC1. The Morgan fingerprint density at radius 3 is 2.22 bits per heavy atom. The summed E-state index contributed by atoms with van der Waals surface area (Å²) in [4.78, 5) is 11.2. The predicted molar refractivity (Wildman–Crippen MR) is 57.9 cm³/mol. The van der Waals surface area contributed by atoms with Crippen LogP contribution in [0.3, 0.4) is 0 Å². The van der Waals surface area contributed by atoms with E-state index in [1.807, 2.05) is 0 Å². The van der Waals surface area contributed by atoms with Crippen molar-refractivity contribution in [2.45, 2.75) is 24.6 Å². The molecule has 0 radical (unpaired) electrons. The summed E-state index contributed by atoms with van der Waals surface area (Å²) in [5.74, 6) is 0. The molecule has 1 saturated carbocycles. The zero-order valence-corrected chi connectivity index (χ0v) is 9.67. The Morgan fingerprint density at radius 2 is 1.83 bits per heavy atom. The number of ether oxygens (including phenoxy) is 1. The molecule has 1 N–H and O–H groups in total. The number of carbonyl (C=O) groups excluding carboxylic acids is 1. The molecule has 6 heteroatoms. The molecule has 1 aromatic rings. The number of hydrogen-bond donors (Lipinski definition) is 1. The van der Waals surface area contributed by atoms with E-state index in [1.54, 1.807) is 0 Å². The number of rotatable bonds is 2. The van der Waals surface area contributed by atoms with Crippen LogP contribution in [0, 0.1) is 0 Å². The number of nitrogens with one attached hydrogen (secondary N) is 1. The van der Waals surface area contributed by atoms with Gasteiger partial charge in [0.25, 0.3) is 0 Å². The molecule has 3 nitrogen and oxygen atoms in total. The Hall–Kier alpha value is -1.72. The van der Waals surface area contributed by atoms with E-state index in [0.717, 1.165) is 12.1 Å². The monoisotopic (exact) mass is 259 g/mol. The van der Waals surface area contributed by atoms with Gasteiger partial charge in [0.15, 0.2) is 0 Å². The molecule has 0 aliphatic heterocycles. The van der Waals surface area contributed by atoms with E-state index in [1.165, 1.54) is 19.2 Å². The molecule has 0 atom stereocenters. The lowest BCUT2D eigenvalue weighted by atomic mass is 10.0. The third-order valence-electron chi connectivity index (χ3n) is 3.04. The van der Waals surface area contributed by atoms with Gasteiger partial charge in [-0.2, -0.15) is 13.2 Å². The van der Waals surface area contributed by atoms with Crippen molar-refractivity contribution in [1.82, 2.24) is 5.32 Å². The standard InChI is InChI=1S/C12H12F3NO2/c1-18-10(17)16-11(6-7-11)8-2-4-9(5-3-8)12(13,14)15/h2-5H,6-7H2,1H3,(H,16,17). The summed E-state index contributed by atoms with van der Waals surface area (Å²) >= 11 is 0. The van der Waals surface area contributed by atoms with E-state index in [-0.39, 0.29) is 0 Å². The van der Waals surface area contributed by atoms with Gasteiger partial charge in [0, 0.05) is 0 Å². The molecule has 1 fully saturated rings. The van der Waals surface area contributed by atoms with Crippen molar-refractivity contribution in [2.24, 2.45) is 0 Å². The molecule has 1 aliphatic carbocycles. The Kier molecular flexibility index (Phi) is 2.96. The van der Waals surface area contributed by atoms with E-state index < -0.39 is 23.4 Å². The van der Waals surface area contributed by atoms with Gasteiger partial charge in [0.1, 0.15) is 0 Å². The zero-order valence-electron chi connectivity index (χ0n) is 9.67. The van der Waals surface area contributed by atoms with E-state index >= 15 is 0 Å². The molecule has 1 amide bonds. The van der Waals surface area contributed by atoms with Gasteiger partial charge in [-0.3, -0.25) is 0 Å². The first kappa shape index (κ1) is 12.7. The maximum atomic E-state index is 12.4. The summed E-state index contributed by atoms with van der Waals surface area (Å²) in [6.45, 7) is 0. The van der Waals surface area contributed by atoms with Crippen LogP contribution in [0.1, 0.15) is 24.0 Å². The van der Waals surface area contributed by atoms with E-state index in [9.17, 15) is 18.0 Å². The number of methoxy groups -OCH3 is 1. The van der Waals surface area contributed by atoms with Gasteiger partial charge < -0.3 is 10.1 Å². The van der Waals surface area contributed by atoms with E-state index in [0.29, 0.717) is 18.4 Å². The van der Waals surface area contributed by atoms with Crippen LogP contribution in [0.25, 0.3) is 0 Å². The normalized spacial score (nSPS) is 17.1. The zero-order chi connectivity index (χ0) is 13.4. The third-order valence-corrected chi connectivity index (χ3v) is 3.04. The highest BCUT2D eigenvalue weighted by molar-refractivity contribution is 5.69. The van der Waals surface area contributed by atoms with Gasteiger partial charge in [-0.05, 0) is 30.5 Å². The van der Waals surface area contributed by atoms with Crippen molar-refractivity contribution >= 4 is 6.09 Å². The second-order valence-electron chi connectivity index (χ2n) is 4.27. The maximum absolute atomic E-state index is 12.4. The van der Waals surface area contributed by atoms with Crippen molar-refractivity contribution in [1.29, 1.82) is 0 Å². The Labute approximate surface area is 102 Å². The summed E-state index contributed by atoms with van der Waals surface area (Å²) in [6, 6.07) is 4.83. The number of alkyl carbamates (subject to hydrolysis) is 1. The molecular weight excluding hydrogens is 247 g/mol. The molecular formula is C12H12F3NO2. The van der Waals surface area contributed by atoms with Gasteiger partial charge in [0.2, 0.25) is 0 Å². The topological polar surface area (TPSA) is 38.3 Å². The number of alkyl halides is 3. The molecule has 0 spiro atoms. The largest absolute Gasteiger partial charge is 0.453 e. The highest BCUT2D eigenvalue weighted by Gasteiger charge is 2.46. The highest BCUT2D eigenvalue weighted by atomic mass is 19.4. The van der Waals surface area contributed by atoms with Crippen LogP contribution in [0.2, 0.25) is 0 Å². The number of carbonyl (C=O) groups is 1. The first-order chi connectivity index (χ1) is 8.37. The molecule has 0 saturated heterocycles. The molecule has 98 valence electrons. The summed E-state index contributed by atoms with van der Waals surface area (Å²) in [6.07, 6.45) is -3.52. The van der Waals surface area contributed by atoms with Crippen molar-refractivity contribution < 1.29 is 22.7 Å². The van der Waals surface area contributed by atoms with Crippen LogP contribution in [-0.4, -0.2) is 13.2 Å². The van der Waals surface area contributed by atoms with Crippen molar-refractivity contribution in [3.8, 4) is 0 Å². The molecule has 2 rings (SSSR count). The summed E-state index contributed by atoms with van der Waals surface area (Å²) in [5.41, 5.74) is -0.585. The third kappa shape index (κ3) is 2.42. The van der Waals surface area contributed by atoms with Gasteiger partial charge >= 0.3 is 12.3 Å². The number of amides is 1. The number of hydrogen-bond acceptors (Lipinski definition) is 2. The van der Waals surface area contributed by atoms with Gasteiger partial charge in [-0.25, -0.2) is 4.79 Å². The van der Waals surface area contributed by atoms with Gasteiger partial charge in [0.05, 0.1) is 18.2 Å². The second kappa shape index (κ2) is 4.19. The second-order valence-corrected chi connectivity index (χ2v) is 4.27. The van der Waals surface area contributed by atoms with Crippen LogP contribution in [0.4, 0.5) is 18.0 Å². The Bertz CT molecular complexity index is 449. The number of halogens is 3. The highest BCUT2D eigenvalue weighted by Crippen LogP contribution is 2.46. The van der Waals surface area contributed by atoms with Crippen molar-refractivity contribution in [3.63, 3.8) is 0 Å². The molecule has 0 aromatic heterocycles. The molecule has 0 unspecified atom stereocenters. The van der Waals surface area contributed by atoms with Crippen molar-refractivity contribution in [2.75, 3.05) is 7.11 Å². The lowest BCUT2D eigenvalue weighted by molar-refractivity contribution is -0.137. The molecule has 1 aliphatic rings. The van der Waals surface area contributed by atoms with Crippen LogP contribution in [-0.2, 0) is 16.5 Å². The van der Waals surface area contributed by atoms with E-state index in [4.69, 9.17) is 0 Å². The lowest BCUT2D eigenvalue weighted by Crippen LogP contribution is -2.34. The van der Waals surface area contributed by atoms with Crippen LogP contribution in [0.5, 0.6) is 0 Å². The van der Waals surface area contributed by atoms with Crippen LogP contribution >= 0.6 is 0 Å². The predicted octanol–water partition coefficient (Wildman–Crippen LogP) is 3.05. The fourth-order valence-electron chi connectivity index (χ4n) is 1.84. The fraction of sp³-hybridized carbons (Fsp3) is 0.417. The smallest absolute Gasteiger partial charge is 0.416 e. The van der Waals surface area contributed by atoms with Gasteiger partial charge in [-0.1, -0.05) is 12.1 Å². The average Bonchev–Trinajstić information content (AvgIpc) is 3.09. The van der Waals surface area contributed by atoms with Crippen LogP contribution in [0.15, 0.2) is 24.3 Å². The minimum atomic E-state index is -4.34. The summed E-state index contributed by atoms with van der Waals surface area (Å²) < 4.78 is 41.7. The number of benzene rings is 1. The van der Waals surface area contributed by atoms with Gasteiger partial charge in [-0.15, -0.1) is 0 Å². The quantitative estimate of drug-likeness (QED) is 0.886. The Morgan fingerprint density at radius 1 is 1.28 bits per heavy atom. The lowest BCUT2D eigenvalue weighted by Gasteiger charge is -2.17. The first-order valence-corrected chi connectivity index (χ1v) is 5.41. The minimum absolute atomic E-state index is 0.558. The summed E-state index contributed by atoms with van der Waals surface area (Å²) in [5, 5.41) is 2.65. The molecule has 18 heavy (non-hydrogen) atoms. The van der Waals surface area contributed by atoms with Crippen molar-refractivity contribution in [3.05, 3.63) is 35.4 Å². The summed E-state index contributed by atoms with van der Waals surface area (Å²) in [7, 11) is 1.25. The van der Waals surface area contributed by atoms with E-state index in [2.05, 4.69) is 10.1 Å². The maximum Gasteiger partial charge on any atom is 0.416 e. The molecule has 0 heterocycles.